The Bertz CT molecular complexity index is 1080. The van der Waals surface area contributed by atoms with Crippen LogP contribution in [0.5, 0.6) is 11.5 Å². The molecular weight excluding hydrogens is 482 g/mol. The highest BCUT2D eigenvalue weighted by Gasteiger charge is 2.25. The van der Waals surface area contributed by atoms with E-state index in [9.17, 15) is 13.2 Å². The Morgan fingerprint density at radius 3 is 2.06 bits per heavy atom. The van der Waals surface area contributed by atoms with Crippen LogP contribution in [0, 0.1) is 13.8 Å². The molecule has 0 atom stereocenters. The first-order valence-electron chi connectivity index (χ1n) is 11.8. The first-order valence-corrected chi connectivity index (χ1v) is 13.2. The number of sulfonamides is 1. The molecule has 0 fully saturated rings. The molecule has 0 heterocycles. The van der Waals surface area contributed by atoms with Crippen molar-refractivity contribution in [1.82, 2.24) is 14.1 Å². The summed E-state index contributed by atoms with van der Waals surface area (Å²) in [5.74, 6) is 1.22. The van der Waals surface area contributed by atoms with Gasteiger partial charge in [0.1, 0.15) is 24.7 Å². The average Bonchev–Trinajstić information content (AvgIpc) is 2.81. The number of carbonyl (C=O) groups is 1. The Morgan fingerprint density at radius 2 is 1.50 bits per heavy atom. The fourth-order valence-corrected chi connectivity index (χ4v) is 5.13. The number of ether oxygens (including phenoxy) is 3. The molecule has 0 unspecified atom stereocenters. The van der Waals surface area contributed by atoms with Gasteiger partial charge in [-0.15, -0.1) is 0 Å². The smallest absolute Gasteiger partial charge is 0.248 e. The molecule has 0 aliphatic carbocycles. The minimum absolute atomic E-state index is 0.0997. The van der Waals surface area contributed by atoms with Crippen molar-refractivity contribution in [3.8, 4) is 11.5 Å². The van der Waals surface area contributed by atoms with Crippen LogP contribution in [0.15, 0.2) is 41.3 Å². The quantitative estimate of drug-likeness (QED) is 0.353. The lowest BCUT2D eigenvalue weighted by Crippen LogP contribution is -2.33. The van der Waals surface area contributed by atoms with E-state index in [1.807, 2.05) is 38.4 Å². The Morgan fingerprint density at radius 1 is 0.889 bits per heavy atom. The summed E-state index contributed by atoms with van der Waals surface area (Å²) in [6.45, 7) is 5.46. The van der Waals surface area contributed by atoms with Crippen molar-refractivity contribution in [3.05, 3.63) is 53.1 Å². The van der Waals surface area contributed by atoms with Gasteiger partial charge in [-0.3, -0.25) is 4.79 Å². The van der Waals surface area contributed by atoms with Crippen molar-refractivity contribution in [3.63, 3.8) is 0 Å². The second-order valence-corrected chi connectivity index (χ2v) is 11.0. The zero-order valence-corrected chi connectivity index (χ0v) is 23.2. The molecule has 2 aromatic carbocycles. The van der Waals surface area contributed by atoms with Crippen LogP contribution in [-0.4, -0.2) is 96.6 Å². The van der Waals surface area contributed by atoms with E-state index in [2.05, 4.69) is 4.90 Å². The monoisotopic (exact) mass is 521 g/mol. The Labute approximate surface area is 215 Å². The fraction of sp³-hybridized carbons (Fsp3) is 0.500. The molecule has 9 nitrogen and oxygen atoms in total. The summed E-state index contributed by atoms with van der Waals surface area (Å²) in [5.41, 5.74) is 2.20. The standard InChI is InChI=1S/C26H39N3O6S/c1-20-16-24(33-7)17-21(2)26(20)36(31,32)29(6)13-14-34-19-25(30)28(5)18-22-8-10-23(11-9-22)35-15-12-27(3)4/h8-11,16-17H,12-15,18-19H2,1-7H3. The van der Waals surface area contributed by atoms with Crippen LogP contribution in [0.2, 0.25) is 0 Å². The summed E-state index contributed by atoms with van der Waals surface area (Å²) in [6, 6.07) is 11.0. The molecule has 0 bridgehead atoms. The van der Waals surface area contributed by atoms with E-state index in [0.717, 1.165) is 17.9 Å². The van der Waals surface area contributed by atoms with Crippen molar-refractivity contribution in [2.24, 2.45) is 0 Å². The van der Waals surface area contributed by atoms with Crippen LogP contribution < -0.4 is 9.47 Å². The van der Waals surface area contributed by atoms with Crippen molar-refractivity contribution in [1.29, 1.82) is 0 Å². The van der Waals surface area contributed by atoms with Gasteiger partial charge < -0.3 is 24.0 Å². The van der Waals surface area contributed by atoms with E-state index in [0.29, 0.717) is 30.0 Å². The number of likely N-dealkylation sites (N-methyl/N-ethyl adjacent to an activating group) is 3. The molecule has 2 rings (SSSR count). The molecular formula is C26H39N3O6S. The van der Waals surface area contributed by atoms with Gasteiger partial charge in [-0.25, -0.2) is 8.42 Å². The van der Waals surface area contributed by atoms with E-state index in [1.54, 1.807) is 45.0 Å². The van der Waals surface area contributed by atoms with Gasteiger partial charge in [-0.05, 0) is 68.9 Å². The van der Waals surface area contributed by atoms with Crippen molar-refractivity contribution >= 4 is 15.9 Å². The number of hydrogen-bond donors (Lipinski definition) is 0. The highest BCUT2D eigenvalue weighted by molar-refractivity contribution is 7.89. The van der Waals surface area contributed by atoms with Crippen molar-refractivity contribution < 1.29 is 27.4 Å². The maximum atomic E-state index is 13.1. The number of amides is 1. The molecule has 0 spiro atoms. The fourth-order valence-electron chi connectivity index (χ4n) is 3.57. The molecule has 0 N–H and O–H groups in total. The van der Waals surface area contributed by atoms with Crippen LogP contribution in [-0.2, 0) is 26.1 Å². The summed E-state index contributed by atoms with van der Waals surface area (Å²) in [6.07, 6.45) is 0. The summed E-state index contributed by atoms with van der Waals surface area (Å²) in [7, 11) is 5.04. The second kappa shape index (κ2) is 13.6. The molecule has 0 aromatic heterocycles. The van der Waals surface area contributed by atoms with Crippen LogP contribution in [0.25, 0.3) is 0 Å². The maximum absolute atomic E-state index is 13.1. The van der Waals surface area contributed by atoms with E-state index in [4.69, 9.17) is 14.2 Å². The third-order valence-electron chi connectivity index (χ3n) is 5.69. The topological polar surface area (TPSA) is 88.6 Å². The summed E-state index contributed by atoms with van der Waals surface area (Å²) >= 11 is 0. The number of hydrogen-bond acceptors (Lipinski definition) is 7. The van der Waals surface area contributed by atoms with Gasteiger partial charge in [0.2, 0.25) is 15.9 Å². The zero-order valence-electron chi connectivity index (χ0n) is 22.4. The molecule has 0 saturated heterocycles. The number of aryl methyl sites for hydroxylation is 2. The van der Waals surface area contributed by atoms with Crippen LogP contribution in [0.1, 0.15) is 16.7 Å². The highest BCUT2D eigenvalue weighted by atomic mass is 32.2. The van der Waals surface area contributed by atoms with E-state index >= 15 is 0 Å². The lowest BCUT2D eigenvalue weighted by molar-refractivity contribution is -0.135. The Kier molecular flexibility index (Phi) is 11.2. The molecule has 200 valence electrons. The van der Waals surface area contributed by atoms with Gasteiger partial charge in [-0.1, -0.05) is 12.1 Å². The number of methoxy groups -OCH3 is 1. The van der Waals surface area contributed by atoms with Crippen molar-refractivity contribution in [2.45, 2.75) is 25.3 Å². The number of nitrogens with zero attached hydrogens (tertiary/aromatic N) is 3. The van der Waals surface area contributed by atoms with Gasteiger partial charge in [0, 0.05) is 33.7 Å². The third kappa shape index (κ3) is 8.48. The highest BCUT2D eigenvalue weighted by Crippen LogP contribution is 2.27. The van der Waals surface area contributed by atoms with Crippen LogP contribution >= 0.6 is 0 Å². The van der Waals surface area contributed by atoms with E-state index < -0.39 is 10.0 Å². The van der Waals surface area contributed by atoms with Crippen molar-refractivity contribution in [2.75, 3.05) is 68.2 Å². The van der Waals surface area contributed by atoms with Gasteiger partial charge in [0.15, 0.2) is 0 Å². The zero-order chi connectivity index (χ0) is 26.9. The number of carbonyl (C=O) groups excluding carboxylic acids is 1. The lowest BCUT2D eigenvalue weighted by atomic mass is 10.1. The average molecular weight is 522 g/mol. The van der Waals surface area contributed by atoms with Gasteiger partial charge in [0.05, 0.1) is 18.6 Å². The van der Waals surface area contributed by atoms with E-state index in [-0.39, 0.29) is 30.6 Å². The minimum Gasteiger partial charge on any atom is -0.497 e. The Hall–Kier alpha value is -2.66. The first kappa shape index (κ1) is 29.6. The molecule has 0 radical (unpaired) electrons. The largest absolute Gasteiger partial charge is 0.497 e. The number of benzene rings is 2. The Balaban J connectivity index is 1.80. The van der Waals surface area contributed by atoms with Crippen LogP contribution in [0.3, 0.4) is 0 Å². The molecule has 0 aliphatic heterocycles. The molecule has 2 aromatic rings. The molecule has 36 heavy (non-hydrogen) atoms. The normalized spacial score (nSPS) is 11.7. The SMILES string of the molecule is COc1cc(C)c(S(=O)(=O)N(C)CCOCC(=O)N(C)Cc2ccc(OCCN(C)C)cc2)c(C)c1. The van der Waals surface area contributed by atoms with Gasteiger partial charge in [-0.2, -0.15) is 4.31 Å². The molecule has 1 amide bonds. The lowest BCUT2D eigenvalue weighted by Gasteiger charge is -2.21. The number of rotatable bonds is 14. The van der Waals surface area contributed by atoms with Crippen LogP contribution in [0.4, 0.5) is 0 Å². The molecule has 0 saturated carbocycles. The molecule has 10 heteroatoms. The van der Waals surface area contributed by atoms with Gasteiger partial charge >= 0.3 is 0 Å². The third-order valence-corrected chi connectivity index (χ3v) is 7.85. The predicted molar refractivity (Wildman–Crippen MR) is 140 cm³/mol. The second-order valence-electron chi connectivity index (χ2n) is 9.01. The summed E-state index contributed by atoms with van der Waals surface area (Å²) in [4.78, 5) is 16.3. The maximum Gasteiger partial charge on any atom is 0.248 e. The minimum atomic E-state index is -3.71. The van der Waals surface area contributed by atoms with E-state index in [1.165, 1.54) is 11.4 Å². The summed E-state index contributed by atoms with van der Waals surface area (Å²) < 4.78 is 43.8. The first-order chi connectivity index (χ1) is 16.9. The predicted octanol–water partition coefficient (Wildman–Crippen LogP) is 2.55. The summed E-state index contributed by atoms with van der Waals surface area (Å²) in [5, 5.41) is 0. The molecule has 0 aliphatic rings. The van der Waals surface area contributed by atoms with Gasteiger partial charge in [0.25, 0.3) is 0 Å².